The number of phosphoric ester groups is 1. The van der Waals surface area contributed by atoms with Crippen molar-refractivity contribution < 1.29 is 46.8 Å². The Kier molecular flexibility index (Phi) is 28.1. The molecular weight excluding hydrogens is 697 g/mol. The molecule has 0 radical (unpaired) electrons. The molecule has 0 bridgehead atoms. The summed E-state index contributed by atoms with van der Waals surface area (Å²) < 4.78 is 38.8. The topological polar surface area (TPSA) is 165 Å². The van der Waals surface area contributed by atoms with E-state index in [1.807, 2.05) is 12.2 Å². The van der Waals surface area contributed by atoms with Crippen LogP contribution in [0.15, 0.2) is 28.7 Å². The van der Waals surface area contributed by atoms with Gasteiger partial charge < -0.3 is 24.5 Å². The second kappa shape index (κ2) is 30.7. The predicted octanol–water partition coefficient (Wildman–Crippen LogP) is 9.66. The lowest BCUT2D eigenvalue weighted by Crippen LogP contribution is -2.29. The Bertz CT molecular complexity index is 1260. The Morgan fingerprint density at radius 1 is 0.736 bits per heavy atom. The van der Waals surface area contributed by atoms with Gasteiger partial charge in [0.25, 0.3) is 0 Å². The molecule has 0 saturated carbocycles. The molecule has 0 aromatic carbocycles. The van der Waals surface area contributed by atoms with E-state index >= 15 is 0 Å². The summed E-state index contributed by atoms with van der Waals surface area (Å²) >= 11 is 0. The monoisotopic (exact) mass is 767 g/mol. The van der Waals surface area contributed by atoms with Crippen molar-refractivity contribution >= 4 is 25.5 Å². The molecule has 1 aromatic rings. The van der Waals surface area contributed by atoms with Crippen molar-refractivity contribution in [3.8, 4) is 0 Å². The largest absolute Gasteiger partial charge is 0.472 e. The van der Waals surface area contributed by atoms with Crippen LogP contribution < -0.4 is 5.73 Å². The lowest BCUT2D eigenvalue weighted by molar-refractivity contribution is -0.161. The molecule has 12 heteroatoms. The first-order valence-electron chi connectivity index (χ1n) is 20.1. The van der Waals surface area contributed by atoms with Crippen LogP contribution in [0.3, 0.4) is 0 Å². The molecule has 0 aliphatic rings. The third-order valence-corrected chi connectivity index (χ3v) is 9.97. The van der Waals surface area contributed by atoms with Gasteiger partial charge >= 0.3 is 19.8 Å². The van der Waals surface area contributed by atoms with Crippen molar-refractivity contribution in [3.05, 3.63) is 47.0 Å². The molecule has 304 valence electrons. The van der Waals surface area contributed by atoms with Crippen LogP contribution in [0.4, 0.5) is 0 Å². The zero-order chi connectivity index (χ0) is 39.2. The van der Waals surface area contributed by atoms with Gasteiger partial charge in [-0.2, -0.15) is 0 Å². The summed E-state index contributed by atoms with van der Waals surface area (Å²) in [4.78, 5) is 46.6. The van der Waals surface area contributed by atoms with E-state index < -0.39 is 32.5 Å². The van der Waals surface area contributed by atoms with Crippen LogP contribution in [0.2, 0.25) is 0 Å². The van der Waals surface area contributed by atoms with E-state index in [1.165, 1.54) is 11.1 Å². The zero-order valence-corrected chi connectivity index (χ0v) is 34.1. The summed E-state index contributed by atoms with van der Waals surface area (Å²) in [5.74, 6) is 1.47. The number of ketones is 1. The SMILES string of the molecule is CCCCCC(=O)/C=C/C=C\CCCCCCCC(=O)O[C@H](COC(=O)CCCCCCCCc1oc(CCC)c(C)c1C)COP(=O)(O)OCCN. The lowest BCUT2D eigenvalue weighted by Gasteiger charge is -2.19. The van der Waals surface area contributed by atoms with Crippen LogP contribution in [-0.4, -0.2) is 55.1 Å². The Balaban J connectivity index is 2.32. The van der Waals surface area contributed by atoms with Gasteiger partial charge in [0.1, 0.15) is 18.1 Å². The van der Waals surface area contributed by atoms with E-state index in [4.69, 9.17) is 28.7 Å². The second-order valence-electron chi connectivity index (χ2n) is 13.8. The summed E-state index contributed by atoms with van der Waals surface area (Å²) in [6.07, 6.45) is 24.8. The first kappa shape index (κ1) is 48.5. The third kappa shape index (κ3) is 25.2. The number of aryl methyl sites for hydroxylation is 2. The molecule has 1 aromatic heterocycles. The highest BCUT2D eigenvalue weighted by Gasteiger charge is 2.26. The highest BCUT2D eigenvalue weighted by Crippen LogP contribution is 2.43. The van der Waals surface area contributed by atoms with E-state index in [0.717, 1.165) is 114 Å². The minimum absolute atomic E-state index is 0.0314. The molecule has 11 nitrogen and oxygen atoms in total. The molecule has 0 spiro atoms. The third-order valence-electron chi connectivity index (χ3n) is 8.99. The number of ether oxygens (including phenoxy) is 2. The number of hydrogen-bond donors (Lipinski definition) is 2. The Morgan fingerprint density at radius 2 is 1.34 bits per heavy atom. The molecule has 3 N–H and O–H groups in total. The Labute approximate surface area is 319 Å². The molecule has 1 heterocycles. The number of nitrogens with two attached hydrogens (primary N) is 1. The van der Waals surface area contributed by atoms with Gasteiger partial charge in [0, 0.05) is 38.6 Å². The molecule has 0 aliphatic carbocycles. The quantitative estimate of drug-likeness (QED) is 0.0226. The Morgan fingerprint density at radius 3 is 2.00 bits per heavy atom. The number of phosphoric acid groups is 1. The van der Waals surface area contributed by atoms with E-state index in [-0.39, 0.29) is 38.4 Å². The van der Waals surface area contributed by atoms with Gasteiger partial charge in [-0.25, -0.2) is 4.57 Å². The summed E-state index contributed by atoms with van der Waals surface area (Å²) in [5, 5.41) is 0. The first-order valence-corrected chi connectivity index (χ1v) is 21.6. The average molecular weight is 768 g/mol. The minimum atomic E-state index is -4.41. The van der Waals surface area contributed by atoms with E-state index in [0.29, 0.717) is 19.3 Å². The van der Waals surface area contributed by atoms with Gasteiger partial charge in [0.15, 0.2) is 11.9 Å². The molecule has 0 fully saturated rings. The maximum Gasteiger partial charge on any atom is 0.472 e. The van der Waals surface area contributed by atoms with E-state index in [1.54, 1.807) is 6.08 Å². The van der Waals surface area contributed by atoms with Crippen molar-refractivity contribution in [1.29, 1.82) is 0 Å². The van der Waals surface area contributed by atoms with Crippen molar-refractivity contribution in [2.24, 2.45) is 5.73 Å². The summed E-state index contributed by atoms with van der Waals surface area (Å²) in [7, 11) is -4.41. The lowest BCUT2D eigenvalue weighted by atomic mass is 10.0. The number of hydrogen-bond acceptors (Lipinski definition) is 10. The first-order chi connectivity index (χ1) is 25.5. The number of esters is 2. The van der Waals surface area contributed by atoms with E-state index in [9.17, 15) is 23.8 Å². The highest BCUT2D eigenvalue weighted by molar-refractivity contribution is 7.47. The normalized spacial score (nSPS) is 13.5. The van der Waals surface area contributed by atoms with Gasteiger partial charge in [-0.3, -0.25) is 23.4 Å². The van der Waals surface area contributed by atoms with Crippen molar-refractivity contribution in [1.82, 2.24) is 0 Å². The number of carbonyl (C=O) groups excluding carboxylic acids is 3. The molecule has 1 unspecified atom stereocenters. The van der Waals surface area contributed by atoms with Gasteiger partial charge in [-0.05, 0) is 76.0 Å². The standard InChI is InChI=1S/C41H70NO10P/c1-5-7-19-25-36(43)26-20-15-11-9-8-10-12-18-23-29-41(45)51-37(33-50-53(46,47)49-31-30-42)32-48-40(44)28-22-17-14-13-16-21-27-39-35(4)34(3)38(52-39)24-6-2/h11,15,20,26,37H,5-10,12-14,16-19,21-25,27-33,42H2,1-4H3,(H,46,47)/b15-11-,26-20+/t37-/m1/s1. The smallest absolute Gasteiger partial charge is 0.466 e. The maximum atomic E-state index is 12.6. The molecule has 0 aliphatic heterocycles. The average Bonchev–Trinajstić information content (AvgIpc) is 3.39. The fourth-order valence-electron chi connectivity index (χ4n) is 5.72. The fourth-order valence-corrected chi connectivity index (χ4v) is 6.49. The summed E-state index contributed by atoms with van der Waals surface area (Å²) in [5.41, 5.74) is 7.90. The Hall–Kier alpha value is -2.56. The fraction of sp³-hybridized carbons (Fsp3) is 0.732. The van der Waals surface area contributed by atoms with Crippen molar-refractivity contribution in [2.45, 2.75) is 169 Å². The molecular formula is C41H70NO10P. The van der Waals surface area contributed by atoms with Gasteiger partial charge in [0.2, 0.25) is 0 Å². The number of rotatable bonds is 34. The van der Waals surface area contributed by atoms with Crippen LogP contribution in [0.1, 0.15) is 158 Å². The molecule has 2 atom stereocenters. The molecule has 0 saturated heterocycles. The van der Waals surface area contributed by atoms with Crippen molar-refractivity contribution in [3.63, 3.8) is 0 Å². The van der Waals surface area contributed by atoms with Gasteiger partial charge in [-0.15, -0.1) is 0 Å². The van der Waals surface area contributed by atoms with Crippen LogP contribution in [0.5, 0.6) is 0 Å². The van der Waals surface area contributed by atoms with Gasteiger partial charge in [-0.1, -0.05) is 89.9 Å². The number of unbranched alkanes of at least 4 members (excludes halogenated alkanes) is 12. The van der Waals surface area contributed by atoms with E-state index in [2.05, 4.69) is 33.8 Å². The molecule has 53 heavy (non-hydrogen) atoms. The van der Waals surface area contributed by atoms with Crippen LogP contribution in [-0.2, 0) is 50.3 Å². The minimum Gasteiger partial charge on any atom is -0.466 e. The number of carbonyl (C=O) groups is 3. The van der Waals surface area contributed by atoms with Crippen molar-refractivity contribution in [2.75, 3.05) is 26.4 Å². The molecule has 1 rings (SSSR count). The second-order valence-corrected chi connectivity index (χ2v) is 15.2. The van der Waals surface area contributed by atoms with Crippen LogP contribution >= 0.6 is 7.82 Å². The maximum absolute atomic E-state index is 12.6. The van der Waals surface area contributed by atoms with Gasteiger partial charge in [0.05, 0.1) is 13.2 Å². The summed E-state index contributed by atoms with van der Waals surface area (Å²) in [6, 6.07) is 0. The van der Waals surface area contributed by atoms with Crippen LogP contribution in [0.25, 0.3) is 0 Å². The number of furan rings is 1. The molecule has 0 amide bonds. The van der Waals surface area contributed by atoms with Crippen LogP contribution in [0, 0.1) is 13.8 Å². The zero-order valence-electron chi connectivity index (χ0n) is 33.2. The predicted molar refractivity (Wildman–Crippen MR) is 210 cm³/mol. The number of allylic oxidation sites excluding steroid dienone is 4. The summed E-state index contributed by atoms with van der Waals surface area (Å²) in [6.45, 7) is 7.66. The highest BCUT2D eigenvalue weighted by atomic mass is 31.2.